The number of nitrogens with two attached hydrogens (primary N) is 1. The van der Waals surface area contributed by atoms with Gasteiger partial charge in [0.1, 0.15) is 0 Å². The van der Waals surface area contributed by atoms with E-state index in [1.807, 2.05) is 0 Å². The molecular weight excluding hydrogens is 370 g/mol. The van der Waals surface area contributed by atoms with Gasteiger partial charge < -0.3 is 10.3 Å². The molecule has 0 unspecified atom stereocenters. The van der Waals surface area contributed by atoms with Crippen LogP contribution in [-0.4, -0.2) is 13.6 Å². The summed E-state index contributed by atoms with van der Waals surface area (Å²) < 4.78 is 32.0. The molecule has 0 fully saturated rings. The van der Waals surface area contributed by atoms with Crippen LogP contribution >= 0.6 is 27.5 Å². The molecule has 0 radical (unpaired) electrons. The fourth-order valence-electron chi connectivity index (χ4n) is 1.52. The lowest BCUT2D eigenvalue weighted by Gasteiger charge is -2.09. The lowest BCUT2D eigenvalue weighted by atomic mass is 10.3. The summed E-state index contributed by atoms with van der Waals surface area (Å²) in [6.45, 7) is 1.73. The summed E-state index contributed by atoms with van der Waals surface area (Å²) in [6.07, 6.45) is 0. The summed E-state index contributed by atoms with van der Waals surface area (Å²) in [4.78, 5) is -0.0289. The molecule has 2 rings (SSSR count). The topological polar surface area (TPSA) is 98.2 Å². The Balaban J connectivity index is 2.27. The van der Waals surface area contributed by atoms with E-state index in [0.717, 1.165) is 0 Å². The van der Waals surface area contributed by atoms with Crippen molar-refractivity contribution in [2.24, 2.45) is 0 Å². The van der Waals surface area contributed by atoms with E-state index in [2.05, 4.69) is 25.8 Å². The van der Waals surface area contributed by atoms with E-state index in [0.29, 0.717) is 11.5 Å². The summed E-state index contributed by atoms with van der Waals surface area (Å²) in [5, 5.41) is 3.91. The molecule has 0 saturated heterocycles. The molecule has 0 aliphatic heterocycles. The van der Waals surface area contributed by atoms with Gasteiger partial charge in [-0.05, 0) is 35.0 Å². The highest BCUT2D eigenvalue weighted by Gasteiger charge is 2.20. The van der Waals surface area contributed by atoms with Crippen LogP contribution in [0.4, 0.5) is 5.69 Å². The first kappa shape index (κ1) is 15.3. The minimum Gasteiger partial charge on any atom is -0.398 e. The third-order valence-electron chi connectivity index (χ3n) is 2.43. The van der Waals surface area contributed by atoms with Crippen molar-refractivity contribution in [2.45, 2.75) is 18.4 Å². The van der Waals surface area contributed by atoms with Gasteiger partial charge in [0.15, 0.2) is 5.76 Å². The molecule has 108 valence electrons. The molecule has 3 N–H and O–H groups in total. The molecule has 9 heteroatoms. The molecule has 0 bridgehead atoms. The highest BCUT2D eigenvalue weighted by atomic mass is 79.9. The molecule has 0 aliphatic carbocycles. The monoisotopic (exact) mass is 379 g/mol. The van der Waals surface area contributed by atoms with Crippen molar-refractivity contribution in [2.75, 3.05) is 5.73 Å². The van der Waals surface area contributed by atoms with Gasteiger partial charge in [0.2, 0.25) is 10.0 Å². The fourth-order valence-corrected chi connectivity index (χ4v) is 3.81. The number of nitrogens with zero attached hydrogens (tertiary/aromatic N) is 1. The largest absolute Gasteiger partial charge is 0.398 e. The van der Waals surface area contributed by atoms with Crippen LogP contribution in [-0.2, 0) is 16.6 Å². The van der Waals surface area contributed by atoms with E-state index in [-0.39, 0.29) is 26.6 Å². The van der Waals surface area contributed by atoms with Crippen molar-refractivity contribution >= 4 is 43.2 Å². The molecule has 0 aliphatic rings. The molecule has 1 aromatic carbocycles. The summed E-state index contributed by atoms with van der Waals surface area (Å²) in [5.74, 6) is 0.414. The molecule has 0 saturated carbocycles. The molecule has 20 heavy (non-hydrogen) atoms. The Morgan fingerprint density at radius 2 is 2.15 bits per heavy atom. The van der Waals surface area contributed by atoms with Gasteiger partial charge in [-0.1, -0.05) is 16.8 Å². The fraction of sp³-hybridized carbons (Fsp3) is 0.182. The number of halogens is 2. The van der Waals surface area contributed by atoms with E-state index in [9.17, 15) is 8.42 Å². The lowest BCUT2D eigenvalue weighted by Crippen LogP contribution is -2.23. The zero-order valence-electron chi connectivity index (χ0n) is 10.4. The normalized spacial score (nSPS) is 11.8. The second kappa shape index (κ2) is 5.72. The van der Waals surface area contributed by atoms with Gasteiger partial charge in [-0.2, -0.15) is 0 Å². The Kier molecular flexibility index (Phi) is 4.38. The van der Waals surface area contributed by atoms with Crippen LogP contribution < -0.4 is 10.5 Å². The van der Waals surface area contributed by atoms with Crippen LogP contribution in [0.5, 0.6) is 0 Å². The van der Waals surface area contributed by atoms with E-state index < -0.39 is 10.0 Å². The van der Waals surface area contributed by atoms with Gasteiger partial charge in [-0.3, -0.25) is 0 Å². The number of nitrogen functional groups attached to an aromatic ring is 1. The number of hydrogen-bond donors (Lipinski definition) is 2. The third kappa shape index (κ3) is 3.32. The van der Waals surface area contributed by atoms with Gasteiger partial charge in [0.05, 0.1) is 21.6 Å². The van der Waals surface area contributed by atoms with Gasteiger partial charge in [0, 0.05) is 16.8 Å². The maximum atomic E-state index is 12.2. The minimum absolute atomic E-state index is 0.0119. The van der Waals surface area contributed by atoms with Crippen molar-refractivity contribution < 1.29 is 12.9 Å². The van der Waals surface area contributed by atoms with Crippen LogP contribution in [0.2, 0.25) is 5.02 Å². The maximum Gasteiger partial charge on any atom is 0.242 e. The smallest absolute Gasteiger partial charge is 0.242 e. The SMILES string of the molecule is Cc1cc(CNS(=O)(=O)c2cc(Cl)cc(N)c2Br)on1. The van der Waals surface area contributed by atoms with E-state index >= 15 is 0 Å². The van der Waals surface area contributed by atoms with Gasteiger partial charge in [-0.15, -0.1) is 0 Å². The number of aryl methyl sites for hydroxylation is 1. The summed E-state index contributed by atoms with van der Waals surface area (Å²) in [6, 6.07) is 4.42. The molecule has 2 aromatic rings. The standard InChI is InChI=1S/C11H11BrClN3O3S/c1-6-2-8(19-16-6)5-15-20(17,18)10-4-7(13)3-9(14)11(10)12/h2-4,15H,5,14H2,1H3. The lowest BCUT2D eigenvalue weighted by molar-refractivity contribution is 0.377. The maximum absolute atomic E-state index is 12.2. The van der Waals surface area contributed by atoms with E-state index in [4.69, 9.17) is 21.9 Å². The number of rotatable bonds is 4. The molecule has 1 aromatic heterocycles. The number of nitrogens with one attached hydrogen (secondary N) is 1. The first-order valence-corrected chi connectivity index (χ1v) is 8.11. The van der Waals surface area contributed by atoms with Crippen LogP contribution in [0, 0.1) is 6.92 Å². The number of anilines is 1. The quantitative estimate of drug-likeness (QED) is 0.794. The molecule has 6 nitrogen and oxygen atoms in total. The molecule has 0 atom stereocenters. The third-order valence-corrected chi connectivity index (χ3v) is 5.23. The number of aromatic nitrogens is 1. The van der Waals surface area contributed by atoms with Crippen molar-refractivity contribution in [1.29, 1.82) is 0 Å². The highest BCUT2D eigenvalue weighted by molar-refractivity contribution is 9.10. The first-order chi connectivity index (χ1) is 9.29. The molecule has 0 amide bonds. The second-order valence-corrected chi connectivity index (χ2v) is 7.03. The predicted molar refractivity (Wildman–Crippen MR) is 78.8 cm³/mol. The van der Waals surface area contributed by atoms with Crippen LogP contribution in [0.15, 0.2) is 32.1 Å². The Labute approximate surface area is 129 Å². The van der Waals surface area contributed by atoms with Crippen LogP contribution in [0.3, 0.4) is 0 Å². The Morgan fingerprint density at radius 1 is 1.45 bits per heavy atom. The van der Waals surface area contributed by atoms with Gasteiger partial charge in [0.25, 0.3) is 0 Å². The van der Waals surface area contributed by atoms with Gasteiger partial charge in [-0.25, -0.2) is 13.1 Å². The minimum atomic E-state index is -3.77. The molecular formula is C11H11BrClN3O3S. The van der Waals surface area contributed by atoms with Crippen LogP contribution in [0.1, 0.15) is 11.5 Å². The number of sulfonamides is 1. The number of benzene rings is 1. The molecule has 1 heterocycles. The summed E-state index contributed by atoms with van der Waals surface area (Å²) in [5.41, 5.74) is 6.59. The average Bonchev–Trinajstić information content (AvgIpc) is 2.77. The highest BCUT2D eigenvalue weighted by Crippen LogP contribution is 2.31. The zero-order chi connectivity index (χ0) is 14.9. The summed E-state index contributed by atoms with van der Waals surface area (Å²) in [7, 11) is -3.77. The first-order valence-electron chi connectivity index (χ1n) is 5.46. The average molecular weight is 381 g/mol. The van der Waals surface area contributed by atoms with Crippen LogP contribution in [0.25, 0.3) is 0 Å². The Bertz CT molecular complexity index is 745. The Morgan fingerprint density at radius 3 is 2.75 bits per heavy atom. The van der Waals surface area contributed by atoms with E-state index in [1.54, 1.807) is 13.0 Å². The Hall–Kier alpha value is -1.09. The van der Waals surface area contributed by atoms with Crippen molar-refractivity contribution in [3.05, 3.63) is 39.1 Å². The zero-order valence-corrected chi connectivity index (χ0v) is 13.5. The summed E-state index contributed by atoms with van der Waals surface area (Å²) >= 11 is 8.97. The molecule has 0 spiro atoms. The van der Waals surface area contributed by atoms with Crippen molar-refractivity contribution in [3.8, 4) is 0 Å². The van der Waals surface area contributed by atoms with Gasteiger partial charge >= 0.3 is 0 Å². The van der Waals surface area contributed by atoms with Crippen molar-refractivity contribution in [3.63, 3.8) is 0 Å². The number of hydrogen-bond acceptors (Lipinski definition) is 5. The predicted octanol–water partition coefficient (Wildman–Crippen LogP) is 2.46. The van der Waals surface area contributed by atoms with E-state index in [1.165, 1.54) is 12.1 Å². The second-order valence-electron chi connectivity index (χ2n) is 4.07. The van der Waals surface area contributed by atoms with Crippen molar-refractivity contribution in [1.82, 2.24) is 9.88 Å².